The van der Waals surface area contributed by atoms with Gasteiger partial charge in [0.1, 0.15) is 9.76 Å². The van der Waals surface area contributed by atoms with Crippen LogP contribution >= 0.6 is 0 Å². The lowest BCUT2D eigenvalue weighted by Crippen LogP contribution is -2.36. The molecule has 4 heteroatoms. The van der Waals surface area contributed by atoms with Gasteiger partial charge in [0.15, 0.2) is 0 Å². The smallest absolute Gasteiger partial charge is 0.270 e. The van der Waals surface area contributed by atoms with Crippen molar-refractivity contribution in [3.63, 3.8) is 0 Å². The first-order chi connectivity index (χ1) is 6.25. The number of anilines is 1. The monoisotopic (exact) mass is 211 g/mol. The second-order valence-electron chi connectivity index (χ2n) is 3.00. The molecule has 0 bridgehead atoms. The predicted molar refractivity (Wildman–Crippen MR) is 63.4 cm³/mol. The van der Waals surface area contributed by atoms with Crippen molar-refractivity contribution < 1.29 is 4.12 Å². The molecule has 1 aromatic rings. The molecule has 0 saturated carbocycles. The molecule has 0 saturated heterocycles. The topological polar surface area (TPSA) is 12.5 Å². The number of benzene rings is 1. The van der Waals surface area contributed by atoms with E-state index in [-0.39, 0.29) is 9.76 Å². The Labute approximate surface area is 84.3 Å². The second-order valence-corrected chi connectivity index (χ2v) is 6.89. The Morgan fingerprint density at radius 2 is 1.92 bits per heavy atom. The fourth-order valence-corrected chi connectivity index (χ4v) is 4.64. The van der Waals surface area contributed by atoms with Crippen LogP contribution in [0.5, 0.6) is 0 Å². The Kier molecular flexibility index (Phi) is 4.21. The largest absolute Gasteiger partial charge is 0.448 e. The van der Waals surface area contributed by atoms with Crippen molar-refractivity contribution in [1.82, 2.24) is 0 Å². The van der Waals surface area contributed by atoms with Crippen LogP contribution in [0, 0.1) is 0 Å². The number of hydrogen-bond donors (Lipinski definition) is 0. The van der Waals surface area contributed by atoms with Crippen molar-refractivity contribution >= 4 is 24.7 Å². The summed E-state index contributed by atoms with van der Waals surface area (Å²) in [5.41, 5.74) is 1.27. The highest BCUT2D eigenvalue weighted by Crippen LogP contribution is 2.12. The molecule has 0 aliphatic rings. The SMILES string of the molecule is C[SiH2]O[SiH](C)N(C)c1ccccc1. The van der Waals surface area contributed by atoms with E-state index >= 15 is 0 Å². The van der Waals surface area contributed by atoms with Gasteiger partial charge in [0, 0.05) is 5.69 Å². The normalized spacial score (nSPS) is 13.5. The Morgan fingerprint density at radius 3 is 2.46 bits per heavy atom. The van der Waals surface area contributed by atoms with Crippen molar-refractivity contribution in [2.45, 2.75) is 13.1 Å². The van der Waals surface area contributed by atoms with Gasteiger partial charge in [0.25, 0.3) is 9.20 Å². The van der Waals surface area contributed by atoms with E-state index < -0.39 is 9.20 Å². The van der Waals surface area contributed by atoms with E-state index in [9.17, 15) is 0 Å². The van der Waals surface area contributed by atoms with E-state index in [4.69, 9.17) is 4.12 Å². The fraction of sp³-hybridized carbons (Fsp3) is 0.333. The van der Waals surface area contributed by atoms with Gasteiger partial charge in [-0.15, -0.1) is 0 Å². The van der Waals surface area contributed by atoms with E-state index in [1.807, 2.05) is 6.07 Å². The molecule has 0 aromatic heterocycles. The standard InChI is InChI=1S/C9H17NOSi2/c1-10(13(3)11-12-2)9-7-5-4-6-8-9/h4-8,13H,12H2,1-3H3. The second kappa shape index (κ2) is 5.21. The van der Waals surface area contributed by atoms with Gasteiger partial charge >= 0.3 is 0 Å². The molecule has 0 aliphatic heterocycles. The average Bonchev–Trinajstić information content (AvgIpc) is 2.18. The van der Waals surface area contributed by atoms with E-state index in [1.54, 1.807) is 0 Å². The summed E-state index contributed by atoms with van der Waals surface area (Å²) in [5, 5.41) is 0. The molecule has 1 unspecified atom stereocenters. The lowest BCUT2D eigenvalue weighted by Gasteiger charge is -2.25. The maximum atomic E-state index is 5.76. The molecule has 1 aromatic carbocycles. The van der Waals surface area contributed by atoms with Crippen LogP contribution in [0.4, 0.5) is 5.69 Å². The Bertz CT molecular complexity index is 243. The van der Waals surface area contributed by atoms with Gasteiger partial charge in [-0.1, -0.05) is 24.7 Å². The third-order valence-corrected chi connectivity index (χ3v) is 6.77. The highest BCUT2D eigenvalue weighted by molar-refractivity contribution is 6.60. The molecule has 72 valence electrons. The van der Waals surface area contributed by atoms with Gasteiger partial charge in [-0.3, -0.25) is 0 Å². The number of para-hydroxylation sites is 1. The summed E-state index contributed by atoms with van der Waals surface area (Å²) in [4.78, 5) is 0. The first kappa shape index (κ1) is 10.5. The molecule has 0 aliphatic carbocycles. The Morgan fingerprint density at radius 1 is 1.31 bits per heavy atom. The molecule has 1 atom stereocenters. The zero-order chi connectivity index (χ0) is 9.68. The maximum Gasteiger partial charge on any atom is 0.270 e. The highest BCUT2D eigenvalue weighted by Gasteiger charge is 2.10. The third kappa shape index (κ3) is 2.98. The summed E-state index contributed by atoms with van der Waals surface area (Å²) in [6.45, 7) is 4.41. The fourth-order valence-electron chi connectivity index (χ4n) is 1.23. The zero-order valence-corrected chi connectivity index (χ0v) is 11.1. The molecule has 2 nitrogen and oxygen atoms in total. The van der Waals surface area contributed by atoms with Gasteiger partial charge in [-0.2, -0.15) is 0 Å². The molecule has 0 N–H and O–H groups in total. The van der Waals surface area contributed by atoms with Crippen molar-refractivity contribution in [3.8, 4) is 0 Å². The minimum Gasteiger partial charge on any atom is -0.448 e. The molecule has 0 amide bonds. The minimum atomic E-state index is -1.13. The summed E-state index contributed by atoms with van der Waals surface area (Å²) < 4.78 is 8.05. The first-order valence-electron chi connectivity index (χ1n) is 4.65. The molecule has 0 fully saturated rings. The molecular formula is C9H17NOSi2. The van der Waals surface area contributed by atoms with E-state index in [0.717, 1.165) is 0 Å². The van der Waals surface area contributed by atoms with Gasteiger partial charge in [-0.05, 0) is 25.7 Å². The van der Waals surface area contributed by atoms with Crippen LogP contribution in [0.25, 0.3) is 0 Å². The van der Waals surface area contributed by atoms with E-state index in [2.05, 4.69) is 49.0 Å². The van der Waals surface area contributed by atoms with Crippen LogP contribution in [0.2, 0.25) is 13.1 Å². The quantitative estimate of drug-likeness (QED) is 0.692. The minimum absolute atomic E-state index is 0.261. The van der Waals surface area contributed by atoms with Crippen LogP contribution in [0.15, 0.2) is 30.3 Å². The Hall–Kier alpha value is -0.586. The van der Waals surface area contributed by atoms with Gasteiger partial charge < -0.3 is 8.68 Å². The summed E-state index contributed by atoms with van der Waals surface area (Å²) in [5.74, 6) is 0. The summed E-state index contributed by atoms with van der Waals surface area (Å²) in [7, 11) is 0.732. The maximum absolute atomic E-state index is 5.76. The van der Waals surface area contributed by atoms with Gasteiger partial charge in [0.2, 0.25) is 0 Å². The molecule has 0 radical (unpaired) electrons. The van der Waals surface area contributed by atoms with Crippen LogP contribution in [-0.2, 0) is 4.12 Å². The first-order valence-corrected chi connectivity index (χ1v) is 8.78. The number of hydrogen-bond acceptors (Lipinski definition) is 2. The highest BCUT2D eigenvalue weighted by atomic mass is 28.4. The summed E-state index contributed by atoms with van der Waals surface area (Å²) in [6, 6.07) is 10.4. The van der Waals surface area contributed by atoms with Crippen LogP contribution in [-0.4, -0.2) is 26.0 Å². The lowest BCUT2D eigenvalue weighted by atomic mass is 10.3. The molecule has 0 heterocycles. The van der Waals surface area contributed by atoms with Gasteiger partial charge in [-0.25, -0.2) is 0 Å². The Balaban J connectivity index is 2.62. The van der Waals surface area contributed by atoms with Crippen molar-refractivity contribution in [1.29, 1.82) is 0 Å². The van der Waals surface area contributed by atoms with Crippen molar-refractivity contribution in [3.05, 3.63) is 30.3 Å². The lowest BCUT2D eigenvalue weighted by molar-refractivity contribution is 0.617. The zero-order valence-electron chi connectivity index (χ0n) is 8.53. The molecule has 1 rings (SSSR count). The average molecular weight is 211 g/mol. The van der Waals surface area contributed by atoms with E-state index in [1.165, 1.54) is 5.69 Å². The van der Waals surface area contributed by atoms with Crippen molar-refractivity contribution in [2.75, 3.05) is 11.6 Å². The van der Waals surface area contributed by atoms with E-state index in [0.29, 0.717) is 0 Å². The predicted octanol–water partition coefficient (Wildman–Crippen LogP) is 1.12. The third-order valence-electron chi connectivity index (χ3n) is 2.12. The van der Waals surface area contributed by atoms with Crippen LogP contribution < -0.4 is 4.57 Å². The summed E-state index contributed by atoms with van der Waals surface area (Å²) >= 11 is 0. The number of nitrogens with zero attached hydrogens (tertiary/aromatic N) is 1. The van der Waals surface area contributed by atoms with Crippen LogP contribution in [0.3, 0.4) is 0 Å². The summed E-state index contributed by atoms with van der Waals surface area (Å²) in [6.07, 6.45) is 0. The van der Waals surface area contributed by atoms with Crippen LogP contribution in [0.1, 0.15) is 0 Å². The molecule has 0 spiro atoms. The number of rotatable bonds is 4. The van der Waals surface area contributed by atoms with Crippen molar-refractivity contribution in [2.24, 2.45) is 0 Å². The van der Waals surface area contributed by atoms with Gasteiger partial charge in [0.05, 0.1) is 0 Å². The molecular weight excluding hydrogens is 194 g/mol. The molecule has 13 heavy (non-hydrogen) atoms.